The van der Waals surface area contributed by atoms with Gasteiger partial charge < -0.3 is 14.2 Å². The topological polar surface area (TPSA) is 68.5 Å². The van der Waals surface area contributed by atoms with Crippen LogP contribution in [0, 0.1) is 5.82 Å². The van der Waals surface area contributed by atoms with Gasteiger partial charge in [-0.1, -0.05) is 28.9 Å². The number of hydrogen-bond donors (Lipinski definition) is 0. The summed E-state index contributed by atoms with van der Waals surface area (Å²) in [4.78, 5) is 18.8. The van der Waals surface area contributed by atoms with Crippen LogP contribution in [0.5, 0.6) is 5.75 Å². The lowest BCUT2D eigenvalue weighted by molar-refractivity contribution is -0.129. The van der Waals surface area contributed by atoms with Gasteiger partial charge >= 0.3 is 0 Å². The van der Waals surface area contributed by atoms with Crippen molar-refractivity contribution in [3.63, 3.8) is 0 Å². The van der Waals surface area contributed by atoms with Gasteiger partial charge in [-0.05, 0) is 42.8 Å². The van der Waals surface area contributed by atoms with Crippen LogP contribution in [0.25, 0.3) is 11.4 Å². The minimum Gasteiger partial charge on any atom is -0.497 e. The number of halogens is 2. The van der Waals surface area contributed by atoms with Crippen LogP contribution in [0.3, 0.4) is 0 Å². The molecule has 4 rings (SSSR count). The summed E-state index contributed by atoms with van der Waals surface area (Å²) in [6, 6.07) is 11.8. The number of nitrogens with zero attached hydrogens (tertiary/aromatic N) is 3. The standard InChI is InChI=1S/C21H19ClFN3O3/c1-12(13-3-6-16(28-2)7-4-13)26-11-15(10-19(26)27)21-24-20(25-29-21)14-5-8-18(23)17(22)9-14/h3-9,12,15H,10-11H2,1-2H3. The highest BCUT2D eigenvalue weighted by Gasteiger charge is 2.37. The molecular weight excluding hydrogens is 397 g/mol. The lowest BCUT2D eigenvalue weighted by Crippen LogP contribution is -2.28. The molecule has 1 saturated heterocycles. The maximum Gasteiger partial charge on any atom is 0.232 e. The average Bonchev–Trinajstić information content (AvgIpc) is 3.36. The Labute approximate surface area is 172 Å². The third-order valence-electron chi connectivity index (χ3n) is 5.19. The smallest absolute Gasteiger partial charge is 0.232 e. The van der Waals surface area contributed by atoms with Crippen molar-refractivity contribution in [2.24, 2.45) is 0 Å². The molecule has 0 N–H and O–H groups in total. The van der Waals surface area contributed by atoms with Crippen molar-refractivity contribution in [1.29, 1.82) is 0 Å². The highest BCUT2D eigenvalue weighted by atomic mass is 35.5. The summed E-state index contributed by atoms with van der Waals surface area (Å²) in [7, 11) is 1.62. The fourth-order valence-corrected chi connectivity index (χ4v) is 3.67. The molecule has 2 aromatic carbocycles. The highest BCUT2D eigenvalue weighted by Crippen LogP contribution is 2.34. The van der Waals surface area contributed by atoms with Crippen molar-refractivity contribution < 1.29 is 18.4 Å². The monoisotopic (exact) mass is 415 g/mol. The van der Waals surface area contributed by atoms with Crippen LogP contribution in [0.1, 0.15) is 36.8 Å². The van der Waals surface area contributed by atoms with E-state index in [2.05, 4.69) is 10.1 Å². The van der Waals surface area contributed by atoms with E-state index in [-0.39, 0.29) is 22.9 Å². The van der Waals surface area contributed by atoms with Crippen LogP contribution >= 0.6 is 11.6 Å². The lowest BCUT2D eigenvalue weighted by atomic mass is 10.1. The van der Waals surface area contributed by atoms with Gasteiger partial charge in [0.25, 0.3) is 0 Å². The Morgan fingerprint density at radius 3 is 2.72 bits per heavy atom. The third kappa shape index (κ3) is 3.82. The maximum atomic E-state index is 13.4. The van der Waals surface area contributed by atoms with Crippen LogP contribution in [0.4, 0.5) is 4.39 Å². The Bertz CT molecular complexity index is 1040. The summed E-state index contributed by atoms with van der Waals surface area (Å²) >= 11 is 5.83. The van der Waals surface area contributed by atoms with Crippen molar-refractivity contribution in [2.75, 3.05) is 13.7 Å². The number of carbonyl (C=O) groups excluding carboxylic acids is 1. The molecule has 0 radical (unpaired) electrons. The largest absolute Gasteiger partial charge is 0.497 e. The Morgan fingerprint density at radius 2 is 2.03 bits per heavy atom. The number of hydrogen-bond acceptors (Lipinski definition) is 5. The molecule has 2 unspecified atom stereocenters. The second kappa shape index (κ2) is 7.83. The van der Waals surface area contributed by atoms with E-state index < -0.39 is 5.82 Å². The average molecular weight is 416 g/mol. The predicted molar refractivity (Wildman–Crippen MR) is 105 cm³/mol. The van der Waals surface area contributed by atoms with E-state index in [1.165, 1.54) is 18.2 Å². The number of aromatic nitrogens is 2. The zero-order valence-corrected chi connectivity index (χ0v) is 16.7. The van der Waals surface area contributed by atoms with Gasteiger partial charge in [0.2, 0.25) is 17.6 Å². The van der Waals surface area contributed by atoms with Crippen molar-refractivity contribution in [3.8, 4) is 17.1 Å². The van der Waals surface area contributed by atoms with Gasteiger partial charge in [-0.3, -0.25) is 4.79 Å². The number of benzene rings is 2. The van der Waals surface area contributed by atoms with Gasteiger partial charge in [0, 0.05) is 18.5 Å². The van der Waals surface area contributed by atoms with E-state index in [9.17, 15) is 9.18 Å². The van der Waals surface area contributed by atoms with Crippen LogP contribution < -0.4 is 4.74 Å². The first-order chi connectivity index (χ1) is 14.0. The molecule has 2 heterocycles. The lowest BCUT2D eigenvalue weighted by Gasteiger charge is -2.25. The molecule has 150 valence electrons. The first-order valence-electron chi connectivity index (χ1n) is 9.18. The zero-order valence-electron chi connectivity index (χ0n) is 15.9. The fourth-order valence-electron chi connectivity index (χ4n) is 3.49. The van der Waals surface area contributed by atoms with Gasteiger partial charge in [0.1, 0.15) is 11.6 Å². The molecule has 1 fully saturated rings. The number of amides is 1. The molecule has 0 bridgehead atoms. The van der Waals surface area contributed by atoms with E-state index in [1.807, 2.05) is 36.1 Å². The van der Waals surface area contributed by atoms with E-state index in [4.69, 9.17) is 20.9 Å². The van der Waals surface area contributed by atoms with E-state index >= 15 is 0 Å². The number of ether oxygens (including phenoxy) is 1. The second-order valence-corrected chi connectivity index (χ2v) is 7.39. The van der Waals surface area contributed by atoms with E-state index in [0.29, 0.717) is 30.2 Å². The molecule has 0 saturated carbocycles. The summed E-state index contributed by atoms with van der Waals surface area (Å²) in [5.41, 5.74) is 1.58. The Morgan fingerprint density at radius 1 is 1.28 bits per heavy atom. The normalized spacial score (nSPS) is 17.6. The Kier molecular flexibility index (Phi) is 5.24. The molecule has 0 aliphatic carbocycles. The SMILES string of the molecule is COc1ccc(C(C)N2CC(c3nc(-c4ccc(F)c(Cl)c4)no3)CC2=O)cc1. The molecule has 29 heavy (non-hydrogen) atoms. The van der Waals surface area contributed by atoms with Gasteiger partial charge in [-0.25, -0.2) is 4.39 Å². The number of likely N-dealkylation sites (tertiary alicyclic amines) is 1. The van der Waals surface area contributed by atoms with E-state index in [1.54, 1.807) is 7.11 Å². The minimum absolute atomic E-state index is 0.00983. The fraction of sp³-hybridized carbons (Fsp3) is 0.286. The van der Waals surface area contributed by atoms with Gasteiger partial charge in [-0.15, -0.1) is 0 Å². The molecule has 8 heteroatoms. The first kappa shape index (κ1) is 19.4. The van der Waals surface area contributed by atoms with Crippen molar-refractivity contribution in [1.82, 2.24) is 15.0 Å². The molecule has 1 amide bonds. The van der Waals surface area contributed by atoms with E-state index in [0.717, 1.165) is 11.3 Å². The molecule has 0 spiro atoms. The summed E-state index contributed by atoms with van der Waals surface area (Å²) < 4.78 is 23.9. The molecular formula is C21H19ClFN3O3. The summed E-state index contributed by atoms with van der Waals surface area (Å²) in [5.74, 6) is 0.798. The van der Waals surface area contributed by atoms with Crippen LogP contribution in [-0.2, 0) is 4.79 Å². The molecule has 1 aliphatic rings. The Hall–Kier alpha value is -2.93. The van der Waals surface area contributed by atoms with Crippen LogP contribution in [0.15, 0.2) is 47.0 Å². The quantitative estimate of drug-likeness (QED) is 0.608. The Balaban J connectivity index is 1.50. The summed E-state index contributed by atoms with van der Waals surface area (Å²) in [6.07, 6.45) is 0.298. The third-order valence-corrected chi connectivity index (χ3v) is 5.48. The summed E-state index contributed by atoms with van der Waals surface area (Å²) in [6.45, 7) is 2.47. The van der Waals surface area contributed by atoms with Crippen LogP contribution in [0.2, 0.25) is 5.02 Å². The summed E-state index contributed by atoms with van der Waals surface area (Å²) in [5, 5.41) is 3.95. The van der Waals surface area contributed by atoms with Crippen molar-refractivity contribution in [3.05, 3.63) is 64.8 Å². The number of methoxy groups -OCH3 is 1. The molecule has 2 atom stereocenters. The second-order valence-electron chi connectivity index (χ2n) is 6.98. The molecule has 6 nitrogen and oxygen atoms in total. The maximum absolute atomic E-state index is 13.4. The van der Waals surface area contributed by atoms with Gasteiger partial charge in [0.15, 0.2) is 0 Å². The van der Waals surface area contributed by atoms with Crippen molar-refractivity contribution in [2.45, 2.75) is 25.3 Å². The first-order valence-corrected chi connectivity index (χ1v) is 9.56. The molecule has 1 aliphatic heterocycles. The van der Waals surface area contributed by atoms with Gasteiger partial charge in [-0.2, -0.15) is 4.98 Å². The highest BCUT2D eigenvalue weighted by molar-refractivity contribution is 6.31. The van der Waals surface area contributed by atoms with Gasteiger partial charge in [0.05, 0.1) is 24.1 Å². The minimum atomic E-state index is -0.510. The number of carbonyl (C=O) groups is 1. The van der Waals surface area contributed by atoms with Crippen LogP contribution in [-0.4, -0.2) is 34.6 Å². The predicted octanol–water partition coefficient (Wildman–Crippen LogP) is 4.61. The number of rotatable bonds is 5. The molecule has 1 aromatic heterocycles. The van der Waals surface area contributed by atoms with Crippen molar-refractivity contribution >= 4 is 17.5 Å². The zero-order chi connectivity index (χ0) is 20.5. The molecule has 3 aromatic rings.